The van der Waals surface area contributed by atoms with E-state index in [1.165, 1.54) is 5.56 Å². The van der Waals surface area contributed by atoms with Gasteiger partial charge in [-0.3, -0.25) is 4.90 Å². The Morgan fingerprint density at radius 1 is 1.00 bits per heavy atom. The van der Waals surface area contributed by atoms with Gasteiger partial charge in [0.05, 0.1) is 0 Å². The average molecular weight is 390 g/mol. The Balaban J connectivity index is 1.45. The lowest BCUT2D eigenvalue weighted by molar-refractivity contribution is 0.156. The lowest BCUT2D eigenvalue weighted by atomic mass is 10.2. The molecule has 0 aliphatic carbocycles. The number of hydrogen-bond donors (Lipinski definition) is 1. The first-order chi connectivity index (χ1) is 12.6. The van der Waals surface area contributed by atoms with Gasteiger partial charge in [0.1, 0.15) is 0 Å². The molecule has 1 heterocycles. The van der Waals surface area contributed by atoms with Crippen LogP contribution in [0.25, 0.3) is 6.08 Å². The first-order valence-corrected chi connectivity index (χ1v) is 9.32. The summed E-state index contributed by atoms with van der Waals surface area (Å²) >= 11 is 11.9. The third-order valence-electron chi connectivity index (χ3n) is 4.25. The van der Waals surface area contributed by atoms with Crippen LogP contribution in [0.15, 0.2) is 54.6 Å². The van der Waals surface area contributed by atoms with Crippen LogP contribution in [-0.4, -0.2) is 48.6 Å². The third-order valence-corrected chi connectivity index (χ3v) is 4.68. The van der Waals surface area contributed by atoms with Gasteiger partial charge in [0.15, 0.2) is 0 Å². The highest BCUT2D eigenvalue weighted by molar-refractivity contribution is 6.35. The lowest BCUT2D eigenvalue weighted by Gasteiger charge is -2.34. The first-order valence-electron chi connectivity index (χ1n) is 8.56. The number of carbonyl (C=O) groups excluding carboxylic acids is 1. The summed E-state index contributed by atoms with van der Waals surface area (Å²) in [5, 5.41) is 3.86. The highest BCUT2D eigenvalue weighted by Crippen LogP contribution is 2.22. The zero-order valence-corrected chi connectivity index (χ0v) is 15.9. The number of nitrogens with zero attached hydrogens (tertiary/aromatic N) is 2. The molecule has 0 aromatic heterocycles. The summed E-state index contributed by atoms with van der Waals surface area (Å²) in [6.45, 7) is 3.97. The molecule has 3 rings (SSSR count). The number of halogens is 2. The number of nitrogens with one attached hydrogen (secondary N) is 1. The molecule has 0 atom stereocenters. The van der Waals surface area contributed by atoms with Crippen LogP contribution in [0.5, 0.6) is 0 Å². The van der Waals surface area contributed by atoms with Gasteiger partial charge in [-0.2, -0.15) is 0 Å². The number of carbonyl (C=O) groups is 1. The number of piperazine rings is 1. The smallest absolute Gasteiger partial charge is 0.321 e. The van der Waals surface area contributed by atoms with Gasteiger partial charge in [-0.05, 0) is 23.8 Å². The Bertz CT molecular complexity index is 752. The maximum Gasteiger partial charge on any atom is 0.321 e. The van der Waals surface area contributed by atoms with Gasteiger partial charge in [-0.15, -0.1) is 0 Å². The van der Waals surface area contributed by atoms with E-state index in [1.54, 1.807) is 18.2 Å². The van der Waals surface area contributed by atoms with Crippen LogP contribution in [0.3, 0.4) is 0 Å². The molecule has 2 aromatic rings. The van der Waals surface area contributed by atoms with Crippen LogP contribution in [0.4, 0.5) is 10.5 Å². The van der Waals surface area contributed by atoms with Crippen molar-refractivity contribution in [3.8, 4) is 0 Å². The summed E-state index contributed by atoms with van der Waals surface area (Å²) in [7, 11) is 0. The van der Waals surface area contributed by atoms with Gasteiger partial charge in [0.25, 0.3) is 0 Å². The molecule has 2 amide bonds. The predicted molar refractivity (Wildman–Crippen MR) is 109 cm³/mol. The molecule has 136 valence electrons. The monoisotopic (exact) mass is 389 g/mol. The number of amides is 2. The zero-order valence-electron chi connectivity index (χ0n) is 14.4. The largest absolute Gasteiger partial charge is 0.322 e. The topological polar surface area (TPSA) is 35.6 Å². The molecule has 1 fully saturated rings. The minimum absolute atomic E-state index is 0.122. The Morgan fingerprint density at radius 2 is 1.65 bits per heavy atom. The molecular formula is C20H21Cl2N3O. The van der Waals surface area contributed by atoms with E-state index in [0.29, 0.717) is 28.8 Å². The Morgan fingerprint density at radius 3 is 2.31 bits per heavy atom. The molecule has 0 radical (unpaired) electrons. The van der Waals surface area contributed by atoms with Gasteiger partial charge in [-0.25, -0.2) is 4.79 Å². The fraction of sp³-hybridized carbons (Fsp3) is 0.250. The number of rotatable bonds is 4. The highest BCUT2D eigenvalue weighted by atomic mass is 35.5. The highest BCUT2D eigenvalue weighted by Gasteiger charge is 2.20. The second-order valence-electron chi connectivity index (χ2n) is 6.19. The lowest BCUT2D eigenvalue weighted by Crippen LogP contribution is -2.49. The number of benzene rings is 2. The van der Waals surface area contributed by atoms with Crippen molar-refractivity contribution in [3.63, 3.8) is 0 Å². The fourth-order valence-corrected chi connectivity index (χ4v) is 3.39. The number of hydrogen-bond acceptors (Lipinski definition) is 2. The van der Waals surface area contributed by atoms with Crippen molar-refractivity contribution in [1.29, 1.82) is 0 Å². The van der Waals surface area contributed by atoms with Gasteiger partial charge < -0.3 is 10.2 Å². The van der Waals surface area contributed by atoms with Crippen LogP contribution in [0.1, 0.15) is 5.56 Å². The second kappa shape index (κ2) is 9.08. The van der Waals surface area contributed by atoms with Gasteiger partial charge in [0.2, 0.25) is 0 Å². The van der Waals surface area contributed by atoms with Gasteiger partial charge >= 0.3 is 6.03 Å². The third kappa shape index (κ3) is 5.49. The molecule has 1 aliphatic heterocycles. The van der Waals surface area contributed by atoms with Crippen molar-refractivity contribution in [1.82, 2.24) is 9.80 Å². The molecule has 26 heavy (non-hydrogen) atoms. The van der Waals surface area contributed by atoms with Crippen molar-refractivity contribution in [3.05, 3.63) is 70.2 Å². The maximum absolute atomic E-state index is 12.4. The van der Waals surface area contributed by atoms with Crippen LogP contribution >= 0.6 is 23.2 Å². The first kappa shape index (κ1) is 18.8. The summed E-state index contributed by atoms with van der Waals surface area (Å²) in [6.07, 6.45) is 4.29. The molecule has 1 saturated heterocycles. The molecule has 1 aliphatic rings. The molecular weight excluding hydrogens is 369 g/mol. The second-order valence-corrected chi connectivity index (χ2v) is 7.06. The SMILES string of the molecule is O=C(Nc1cc(Cl)cc(Cl)c1)N1CCN(C/C=C/c2ccccc2)CC1. The van der Waals surface area contributed by atoms with E-state index in [2.05, 4.69) is 34.5 Å². The van der Waals surface area contributed by atoms with Crippen LogP contribution < -0.4 is 5.32 Å². The summed E-state index contributed by atoms with van der Waals surface area (Å²) in [5.41, 5.74) is 1.81. The molecule has 1 N–H and O–H groups in total. The van der Waals surface area contributed by atoms with E-state index in [4.69, 9.17) is 23.2 Å². The minimum Gasteiger partial charge on any atom is -0.322 e. The van der Waals surface area contributed by atoms with Crippen molar-refractivity contribution < 1.29 is 4.79 Å². The standard InChI is InChI=1S/C20H21Cl2N3O/c21-17-13-18(22)15-19(14-17)23-20(26)25-11-9-24(10-12-25)8-4-7-16-5-2-1-3-6-16/h1-7,13-15H,8-12H2,(H,23,26)/b7-4+. The van der Waals surface area contributed by atoms with Crippen molar-refractivity contribution in [2.24, 2.45) is 0 Å². The molecule has 0 spiro atoms. The molecule has 0 bridgehead atoms. The van der Waals surface area contributed by atoms with Gasteiger partial charge in [-0.1, -0.05) is 65.7 Å². The predicted octanol–water partition coefficient (Wildman–Crippen LogP) is 4.86. The zero-order chi connectivity index (χ0) is 18.4. The maximum atomic E-state index is 12.4. The van der Waals surface area contributed by atoms with E-state index in [-0.39, 0.29) is 6.03 Å². The summed E-state index contributed by atoms with van der Waals surface area (Å²) in [6, 6.07) is 15.1. The van der Waals surface area contributed by atoms with E-state index in [0.717, 1.165) is 19.6 Å². The Hall–Kier alpha value is -2.01. The Labute approximate surface area is 164 Å². The van der Waals surface area contributed by atoms with E-state index < -0.39 is 0 Å². The number of anilines is 1. The molecule has 0 unspecified atom stereocenters. The molecule has 2 aromatic carbocycles. The van der Waals surface area contributed by atoms with Crippen molar-refractivity contribution >= 4 is 41.0 Å². The normalized spacial score (nSPS) is 15.4. The van der Waals surface area contributed by atoms with Crippen molar-refractivity contribution in [2.75, 3.05) is 38.0 Å². The molecule has 6 heteroatoms. The van der Waals surface area contributed by atoms with Crippen LogP contribution in [0, 0.1) is 0 Å². The quantitative estimate of drug-likeness (QED) is 0.810. The van der Waals surface area contributed by atoms with Crippen molar-refractivity contribution in [2.45, 2.75) is 0 Å². The molecule has 4 nitrogen and oxygen atoms in total. The fourth-order valence-electron chi connectivity index (χ4n) is 2.86. The van der Waals surface area contributed by atoms with Crippen LogP contribution in [0.2, 0.25) is 10.0 Å². The summed E-state index contributed by atoms with van der Waals surface area (Å²) in [5.74, 6) is 0. The summed E-state index contributed by atoms with van der Waals surface area (Å²) in [4.78, 5) is 16.5. The summed E-state index contributed by atoms with van der Waals surface area (Å²) < 4.78 is 0. The molecule has 0 saturated carbocycles. The van der Waals surface area contributed by atoms with Gasteiger partial charge in [0, 0.05) is 48.5 Å². The minimum atomic E-state index is -0.122. The Kier molecular flexibility index (Phi) is 6.56. The van der Waals surface area contributed by atoms with E-state index in [9.17, 15) is 4.79 Å². The van der Waals surface area contributed by atoms with E-state index >= 15 is 0 Å². The average Bonchev–Trinajstić information content (AvgIpc) is 2.62. The van der Waals surface area contributed by atoms with E-state index in [1.807, 2.05) is 23.1 Å². The number of urea groups is 1. The van der Waals surface area contributed by atoms with Crippen LogP contribution in [-0.2, 0) is 0 Å².